The zero-order valence-electron chi connectivity index (χ0n) is 10.3. The molecule has 2 rings (SSSR count). The van der Waals surface area contributed by atoms with E-state index in [0.29, 0.717) is 12.3 Å². The van der Waals surface area contributed by atoms with Crippen LogP contribution in [0.15, 0.2) is 24.3 Å². The number of nitrogens with zero attached hydrogens (tertiary/aromatic N) is 2. The molecule has 0 spiro atoms. The number of phenolic OH excluding ortho intramolecular Hbond substituents is 1. The third-order valence-corrected chi connectivity index (χ3v) is 3.50. The summed E-state index contributed by atoms with van der Waals surface area (Å²) in [4.78, 5) is 4.67. The number of likely N-dealkylation sites (N-methyl/N-ethyl adjacent to an activating group) is 1. The predicted molar refractivity (Wildman–Crippen MR) is 69.0 cm³/mol. The molecule has 0 amide bonds. The third kappa shape index (κ3) is 2.77. The molecule has 94 valence electrons. The van der Waals surface area contributed by atoms with E-state index < -0.39 is 0 Å². The minimum absolute atomic E-state index is 0.130. The number of benzene rings is 1. The van der Waals surface area contributed by atoms with Crippen molar-refractivity contribution < 1.29 is 5.11 Å². The number of para-hydroxylation sites is 1. The molecule has 1 unspecified atom stereocenters. The Bertz CT molecular complexity index is 361. The van der Waals surface area contributed by atoms with Crippen LogP contribution in [-0.4, -0.2) is 54.7 Å². The minimum Gasteiger partial charge on any atom is -0.508 e. The molecule has 0 aromatic heterocycles. The van der Waals surface area contributed by atoms with Gasteiger partial charge in [0.15, 0.2) is 0 Å². The Morgan fingerprint density at radius 3 is 2.47 bits per heavy atom. The van der Waals surface area contributed by atoms with Gasteiger partial charge in [0.1, 0.15) is 5.75 Å². The molecule has 1 aliphatic rings. The predicted octanol–water partition coefficient (Wildman–Crippen LogP) is 0.639. The van der Waals surface area contributed by atoms with E-state index in [-0.39, 0.29) is 6.04 Å². The van der Waals surface area contributed by atoms with Crippen LogP contribution in [0.4, 0.5) is 0 Å². The quantitative estimate of drug-likeness (QED) is 0.807. The van der Waals surface area contributed by atoms with Gasteiger partial charge in [0.05, 0.1) is 6.04 Å². The molecule has 4 heteroatoms. The lowest BCUT2D eigenvalue weighted by Gasteiger charge is -2.37. The van der Waals surface area contributed by atoms with E-state index in [0.717, 1.165) is 31.7 Å². The van der Waals surface area contributed by atoms with Gasteiger partial charge in [0, 0.05) is 38.3 Å². The summed E-state index contributed by atoms with van der Waals surface area (Å²) in [6, 6.07) is 7.62. The zero-order valence-corrected chi connectivity index (χ0v) is 10.3. The number of nitrogens with two attached hydrogens (primary N) is 1. The summed E-state index contributed by atoms with van der Waals surface area (Å²) in [6.07, 6.45) is 0. The van der Waals surface area contributed by atoms with Gasteiger partial charge in [0.25, 0.3) is 0 Å². The van der Waals surface area contributed by atoms with Gasteiger partial charge in [-0.3, -0.25) is 4.90 Å². The van der Waals surface area contributed by atoms with Crippen molar-refractivity contribution in [3.63, 3.8) is 0 Å². The number of hydrogen-bond donors (Lipinski definition) is 2. The van der Waals surface area contributed by atoms with Gasteiger partial charge < -0.3 is 15.7 Å². The monoisotopic (exact) mass is 235 g/mol. The maximum atomic E-state index is 9.90. The van der Waals surface area contributed by atoms with Crippen molar-refractivity contribution in [2.45, 2.75) is 6.04 Å². The molecule has 1 atom stereocenters. The van der Waals surface area contributed by atoms with Crippen LogP contribution in [0, 0.1) is 0 Å². The Balaban J connectivity index is 2.14. The van der Waals surface area contributed by atoms with Crippen LogP contribution in [-0.2, 0) is 0 Å². The molecule has 1 heterocycles. The molecular formula is C13H21N3O. The highest BCUT2D eigenvalue weighted by Gasteiger charge is 2.24. The normalized spacial score (nSPS) is 20.4. The average Bonchev–Trinajstić information content (AvgIpc) is 2.35. The first-order valence-corrected chi connectivity index (χ1v) is 6.13. The first kappa shape index (κ1) is 12.4. The maximum Gasteiger partial charge on any atom is 0.120 e. The lowest BCUT2D eigenvalue weighted by molar-refractivity contribution is 0.113. The fourth-order valence-electron chi connectivity index (χ4n) is 2.38. The topological polar surface area (TPSA) is 52.7 Å². The van der Waals surface area contributed by atoms with Crippen LogP contribution in [0.5, 0.6) is 5.75 Å². The molecule has 1 fully saturated rings. The van der Waals surface area contributed by atoms with Gasteiger partial charge in [-0.1, -0.05) is 18.2 Å². The molecule has 3 N–H and O–H groups in total. The van der Waals surface area contributed by atoms with Crippen molar-refractivity contribution in [1.29, 1.82) is 0 Å². The van der Waals surface area contributed by atoms with Gasteiger partial charge in [-0.2, -0.15) is 0 Å². The van der Waals surface area contributed by atoms with Crippen molar-refractivity contribution in [1.82, 2.24) is 9.80 Å². The van der Waals surface area contributed by atoms with Crippen molar-refractivity contribution >= 4 is 0 Å². The molecule has 4 nitrogen and oxygen atoms in total. The second kappa shape index (κ2) is 5.49. The van der Waals surface area contributed by atoms with Crippen LogP contribution >= 0.6 is 0 Å². The van der Waals surface area contributed by atoms with Crippen molar-refractivity contribution in [3.8, 4) is 5.75 Å². The van der Waals surface area contributed by atoms with Crippen LogP contribution in [0.3, 0.4) is 0 Å². The lowest BCUT2D eigenvalue weighted by Crippen LogP contribution is -2.47. The first-order chi connectivity index (χ1) is 8.22. The van der Waals surface area contributed by atoms with Crippen molar-refractivity contribution in [2.75, 3.05) is 39.8 Å². The number of rotatable bonds is 3. The second-order valence-corrected chi connectivity index (χ2v) is 4.65. The van der Waals surface area contributed by atoms with Crippen LogP contribution in [0.25, 0.3) is 0 Å². The zero-order chi connectivity index (χ0) is 12.3. The lowest BCUT2D eigenvalue weighted by atomic mass is 10.0. The largest absolute Gasteiger partial charge is 0.508 e. The fourth-order valence-corrected chi connectivity index (χ4v) is 2.38. The summed E-state index contributed by atoms with van der Waals surface area (Å²) in [5.74, 6) is 0.349. The first-order valence-electron chi connectivity index (χ1n) is 6.13. The Kier molecular flexibility index (Phi) is 3.99. The summed E-state index contributed by atoms with van der Waals surface area (Å²) in [7, 11) is 2.13. The Labute approximate surface area is 103 Å². The van der Waals surface area contributed by atoms with Gasteiger partial charge in [-0.25, -0.2) is 0 Å². The molecule has 0 saturated carbocycles. The van der Waals surface area contributed by atoms with E-state index in [2.05, 4.69) is 16.8 Å². The van der Waals surface area contributed by atoms with Gasteiger partial charge >= 0.3 is 0 Å². The summed E-state index contributed by atoms with van der Waals surface area (Å²) < 4.78 is 0. The Hall–Kier alpha value is -1.10. The molecule has 0 radical (unpaired) electrons. The average molecular weight is 235 g/mol. The molecule has 1 aromatic rings. The molecule has 17 heavy (non-hydrogen) atoms. The number of phenols is 1. The third-order valence-electron chi connectivity index (χ3n) is 3.50. The highest BCUT2D eigenvalue weighted by molar-refractivity contribution is 5.34. The van der Waals surface area contributed by atoms with E-state index in [1.165, 1.54) is 0 Å². The highest BCUT2D eigenvalue weighted by Crippen LogP contribution is 2.28. The maximum absolute atomic E-state index is 9.90. The van der Waals surface area contributed by atoms with Crippen LogP contribution in [0.1, 0.15) is 11.6 Å². The molecule has 1 saturated heterocycles. The standard InChI is InChI=1S/C13H21N3O/c1-15-6-8-16(9-7-15)12(10-14)11-4-2-3-5-13(11)17/h2-5,12,17H,6-10,14H2,1H3. The number of piperazine rings is 1. The fraction of sp³-hybridized carbons (Fsp3) is 0.538. The van der Waals surface area contributed by atoms with Crippen LogP contribution in [0.2, 0.25) is 0 Å². The van der Waals surface area contributed by atoms with Crippen molar-refractivity contribution in [2.24, 2.45) is 5.73 Å². The van der Waals surface area contributed by atoms with Gasteiger partial charge in [-0.15, -0.1) is 0 Å². The van der Waals surface area contributed by atoms with E-state index in [1.807, 2.05) is 18.2 Å². The molecule has 0 bridgehead atoms. The van der Waals surface area contributed by atoms with E-state index >= 15 is 0 Å². The number of hydrogen-bond acceptors (Lipinski definition) is 4. The summed E-state index contributed by atoms with van der Waals surface area (Å²) in [6.45, 7) is 4.68. The summed E-state index contributed by atoms with van der Waals surface area (Å²) in [5, 5.41) is 9.90. The summed E-state index contributed by atoms with van der Waals surface area (Å²) >= 11 is 0. The minimum atomic E-state index is 0.130. The van der Waals surface area contributed by atoms with Crippen LogP contribution < -0.4 is 5.73 Å². The van der Waals surface area contributed by atoms with Gasteiger partial charge in [0.2, 0.25) is 0 Å². The van der Waals surface area contributed by atoms with E-state index in [9.17, 15) is 5.11 Å². The summed E-state index contributed by atoms with van der Waals surface area (Å²) in [5.41, 5.74) is 6.82. The Morgan fingerprint density at radius 2 is 1.88 bits per heavy atom. The van der Waals surface area contributed by atoms with E-state index in [1.54, 1.807) is 6.07 Å². The molecule has 0 aliphatic carbocycles. The molecule has 1 aliphatic heterocycles. The SMILES string of the molecule is CN1CCN(C(CN)c2ccccc2O)CC1. The van der Waals surface area contributed by atoms with E-state index in [4.69, 9.17) is 5.73 Å². The van der Waals surface area contributed by atoms with Gasteiger partial charge in [-0.05, 0) is 13.1 Å². The smallest absolute Gasteiger partial charge is 0.120 e. The molecular weight excluding hydrogens is 214 g/mol. The number of aromatic hydroxyl groups is 1. The highest BCUT2D eigenvalue weighted by atomic mass is 16.3. The van der Waals surface area contributed by atoms with Crippen molar-refractivity contribution in [3.05, 3.63) is 29.8 Å². The molecule has 1 aromatic carbocycles. The Morgan fingerprint density at radius 1 is 1.24 bits per heavy atom. The second-order valence-electron chi connectivity index (χ2n) is 4.65.